The van der Waals surface area contributed by atoms with Gasteiger partial charge in [-0.15, -0.1) is 0 Å². The molecule has 0 aliphatic rings. The Kier molecular flexibility index (Phi) is 6.20. The van der Waals surface area contributed by atoms with Crippen LogP contribution in [0.1, 0.15) is 15.9 Å². The maximum atomic E-state index is 13.4. The summed E-state index contributed by atoms with van der Waals surface area (Å²) in [5.74, 6) is -2.44. The van der Waals surface area contributed by atoms with Crippen LogP contribution in [0, 0.1) is 16.5 Å². The fourth-order valence-electron chi connectivity index (χ4n) is 2.64. The van der Waals surface area contributed by atoms with Gasteiger partial charge in [0, 0.05) is 47.1 Å². The number of amides is 1. The molecule has 0 saturated carbocycles. The fourth-order valence-corrected chi connectivity index (χ4v) is 2.64. The molecule has 0 spiro atoms. The maximum absolute atomic E-state index is 13.4. The van der Waals surface area contributed by atoms with Crippen molar-refractivity contribution in [1.29, 1.82) is 0 Å². The van der Waals surface area contributed by atoms with E-state index in [1.165, 1.54) is 49.6 Å². The van der Waals surface area contributed by atoms with Crippen LogP contribution in [-0.2, 0) is 4.84 Å². The van der Waals surface area contributed by atoms with Gasteiger partial charge < -0.3 is 16.2 Å². The molecule has 0 bridgehead atoms. The fraction of sp³-hybridized carbons (Fsp3) is 0.0476. The van der Waals surface area contributed by atoms with E-state index < -0.39 is 17.5 Å². The first-order valence-corrected chi connectivity index (χ1v) is 8.80. The van der Waals surface area contributed by atoms with Gasteiger partial charge in [0.2, 0.25) is 0 Å². The second kappa shape index (κ2) is 8.99. The molecule has 158 valence electrons. The number of nitrogen functional groups attached to an aromatic ring is 1. The van der Waals surface area contributed by atoms with Gasteiger partial charge in [-0.3, -0.25) is 4.79 Å². The van der Waals surface area contributed by atoms with Crippen LogP contribution in [0.15, 0.2) is 65.7 Å². The third-order valence-electron chi connectivity index (χ3n) is 4.06. The average Bonchev–Trinajstić information content (AvgIpc) is 2.73. The number of halogens is 2. The summed E-state index contributed by atoms with van der Waals surface area (Å²) in [6.45, 7) is 0. The minimum absolute atomic E-state index is 0.0723. The summed E-state index contributed by atoms with van der Waals surface area (Å²) < 4.78 is 32.2. The minimum Gasteiger partial charge on any atom is -0.457 e. The highest BCUT2D eigenvalue weighted by atomic mass is 19.1. The summed E-state index contributed by atoms with van der Waals surface area (Å²) in [5, 5.41) is 0. The number of hydrogen-bond acceptors (Lipinski definition) is 5. The number of carbonyl (C=O) groups excluding carboxylic acids is 1. The number of benzene rings is 3. The number of ether oxygens (including phenoxy) is 1. The van der Waals surface area contributed by atoms with E-state index in [1.807, 2.05) is 0 Å². The number of nitrogens with zero attached hydrogens (tertiary/aromatic N) is 2. The summed E-state index contributed by atoms with van der Waals surface area (Å²) in [7, 11) is 1.19. The highest BCUT2D eigenvalue weighted by Gasteiger charge is 2.17. The topological polar surface area (TPSA) is 120 Å². The molecule has 0 aliphatic heterocycles. The molecule has 3 aromatic carbocycles. The number of amidine groups is 1. The first-order valence-electron chi connectivity index (χ1n) is 8.80. The molecule has 31 heavy (non-hydrogen) atoms. The molecule has 8 nitrogen and oxygen atoms in total. The van der Waals surface area contributed by atoms with Gasteiger partial charge in [-0.05, 0) is 24.3 Å². The Morgan fingerprint density at radius 3 is 2.39 bits per heavy atom. The quantitative estimate of drug-likeness (QED) is 0.267. The van der Waals surface area contributed by atoms with Crippen molar-refractivity contribution in [1.82, 2.24) is 0 Å². The number of carbonyl (C=O) groups is 1. The van der Waals surface area contributed by atoms with Gasteiger partial charge in [0.05, 0.1) is 4.91 Å². The zero-order chi connectivity index (χ0) is 22.5. The zero-order valence-electron chi connectivity index (χ0n) is 16.2. The number of hydrogen-bond donors (Lipinski definition) is 2. The number of rotatable bonds is 6. The van der Waals surface area contributed by atoms with Crippen LogP contribution in [0.2, 0.25) is 0 Å². The Morgan fingerprint density at radius 1 is 1.00 bits per heavy atom. The summed E-state index contributed by atoms with van der Waals surface area (Å²) in [6, 6.07) is 12.7. The lowest BCUT2D eigenvalue weighted by Crippen LogP contribution is -2.18. The third-order valence-corrected chi connectivity index (χ3v) is 4.06. The van der Waals surface area contributed by atoms with Gasteiger partial charge in [0.25, 0.3) is 10.8 Å². The van der Waals surface area contributed by atoms with Crippen molar-refractivity contribution in [2.24, 2.45) is 10.7 Å². The molecule has 10 heteroatoms. The molecule has 0 fully saturated rings. The van der Waals surface area contributed by atoms with Gasteiger partial charge in [0.15, 0.2) is 7.11 Å². The van der Waals surface area contributed by atoms with Gasteiger partial charge in [0.1, 0.15) is 29.0 Å². The molecule has 0 radical (unpaired) electrons. The normalized spacial score (nSPS) is 11.1. The van der Waals surface area contributed by atoms with E-state index >= 15 is 0 Å². The van der Waals surface area contributed by atoms with Crippen LogP contribution in [0.25, 0.3) is 0 Å². The smallest absolute Gasteiger partial charge is 0.317 e. The van der Waals surface area contributed by atoms with E-state index in [0.29, 0.717) is 6.07 Å². The van der Waals surface area contributed by atoms with Crippen molar-refractivity contribution >= 4 is 23.1 Å². The zero-order valence-corrected chi connectivity index (χ0v) is 16.2. The Labute approximate surface area is 175 Å². The van der Waals surface area contributed by atoms with Gasteiger partial charge >= 0.3 is 5.69 Å². The largest absolute Gasteiger partial charge is 0.457 e. The molecule has 0 aliphatic carbocycles. The van der Waals surface area contributed by atoms with Crippen molar-refractivity contribution in [2.45, 2.75) is 0 Å². The average molecular weight is 427 g/mol. The van der Waals surface area contributed by atoms with Crippen LogP contribution >= 0.6 is 0 Å². The number of anilines is 1. The molecule has 0 aromatic heterocycles. The van der Waals surface area contributed by atoms with Crippen molar-refractivity contribution in [2.75, 3.05) is 12.8 Å². The highest BCUT2D eigenvalue weighted by molar-refractivity contribution is 6.11. The molecule has 3 aromatic rings. The Bertz CT molecular complexity index is 1180. The molecule has 0 unspecified atom stereocenters. The van der Waals surface area contributed by atoms with Crippen molar-refractivity contribution < 1.29 is 28.1 Å². The first kappa shape index (κ1) is 21.4. The third kappa shape index (κ3) is 5.18. The van der Waals surface area contributed by atoms with E-state index in [1.54, 1.807) is 0 Å². The molecule has 1 amide bonds. The Morgan fingerprint density at radius 2 is 1.71 bits per heavy atom. The van der Waals surface area contributed by atoms with Gasteiger partial charge in [-0.2, -0.15) is 4.99 Å². The molecule has 0 atom stereocenters. The van der Waals surface area contributed by atoms with E-state index in [0.717, 1.165) is 12.1 Å². The lowest BCUT2D eigenvalue weighted by molar-refractivity contribution is -0.736. The van der Waals surface area contributed by atoms with Crippen LogP contribution in [0.5, 0.6) is 11.5 Å². The van der Waals surface area contributed by atoms with Crippen LogP contribution in [-0.4, -0.2) is 23.8 Å². The second-order valence-corrected chi connectivity index (χ2v) is 6.25. The van der Waals surface area contributed by atoms with E-state index in [9.17, 15) is 18.5 Å². The predicted molar refractivity (Wildman–Crippen MR) is 109 cm³/mol. The summed E-state index contributed by atoms with van der Waals surface area (Å²) in [4.78, 5) is 32.6. The predicted octanol–water partition coefficient (Wildman–Crippen LogP) is 3.86. The molecule has 4 N–H and O–H groups in total. The standard InChI is InChI=1S/C21H16F2N4O4/c1-30-27(29)15-4-2-3-12(7-15)21(28)26-20(25)18-11-16(5-6-19(18)24)31-17-9-13(22)8-14(23)10-17/h2-11H,1H3,(H3-,24,25,26,28)/p+1. The van der Waals surface area contributed by atoms with Crippen LogP contribution in [0.3, 0.4) is 0 Å². The Hall–Kier alpha value is -4.34. The van der Waals surface area contributed by atoms with E-state index in [4.69, 9.17) is 16.2 Å². The van der Waals surface area contributed by atoms with Crippen LogP contribution in [0.4, 0.5) is 20.2 Å². The van der Waals surface area contributed by atoms with Crippen molar-refractivity contribution in [3.63, 3.8) is 0 Å². The lowest BCUT2D eigenvalue weighted by atomic mass is 10.1. The van der Waals surface area contributed by atoms with Gasteiger partial charge in [-0.1, -0.05) is 6.07 Å². The van der Waals surface area contributed by atoms with Crippen LogP contribution < -0.4 is 16.2 Å². The molecule has 0 saturated heterocycles. The molecule has 0 heterocycles. The molecule has 3 rings (SSSR count). The maximum Gasteiger partial charge on any atom is 0.317 e. The van der Waals surface area contributed by atoms with E-state index in [2.05, 4.69) is 9.83 Å². The Balaban J connectivity index is 1.88. The van der Waals surface area contributed by atoms with Crippen molar-refractivity contribution in [3.05, 3.63) is 88.3 Å². The summed E-state index contributed by atoms with van der Waals surface area (Å²) in [6.07, 6.45) is 0. The molecular weight excluding hydrogens is 410 g/mol. The monoisotopic (exact) mass is 427 g/mol. The number of nitrogens with two attached hydrogens (primary N) is 2. The second-order valence-electron chi connectivity index (χ2n) is 6.25. The molecular formula is C21H17F2N4O4+. The number of aliphatic imine (C=N–C) groups is 1. The lowest BCUT2D eigenvalue weighted by Gasteiger charge is -2.10. The summed E-state index contributed by atoms with van der Waals surface area (Å²) >= 11 is 0. The summed E-state index contributed by atoms with van der Waals surface area (Å²) in [5.41, 5.74) is 12.4. The highest BCUT2D eigenvalue weighted by Crippen LogP contribution is 2.26. The SMILES string of the molecule is CO[N+](=O)c1cccc(C(=O)N=C(N)c2cc(Oc3cc(F)cc(F)c3)ccc2N)c1. The van der Waals surface area contributed by atoms with E-state index in [-0.39, 0.29) is 44.8 Å². The first-order chi connectivity index (χ1) is 14.8. The van der Waals surface area contributed by atoms with Crippen molar-refractivity contribution in [3.8, 4) is 11.5 Å². The van der Waals surface area contributed by atoms with Gasteiger partial charge in [-0.25, -0.2) is 13.6 Å². The minimum atomic E-state index is -0.801.